The minimum atomic E-state index is -0.847. The lowest BCUT2D eigenvalue weighted by atomic mass is 10.1. The van der Waals surface area contributed by atoms with Crippen LogP contribution in [0, 0.1) is 0 Å². The van der Waals surface area contributed by atoms with Crippen molar-refractivity contribution < 1.29 is 13.9 Å². The number of rotatable bonds is 1. The molecular formula is C19H23ClN2O4. The van der Waals surface area contributed by atoms with Gasteiger partial charge in [0.25, 0.3) is 6.02 Å². The van der Waals surface area contributed by atoms with Crippen LogP contribution in [0.5, 0.6) is 0 Å². The van der Waals surface area contributed by atoms with Gasteiger partial charge in [-0.3, -0.25) is 0 Å². The van der Waals surface area contributed by atoms with Crippen molar-refractivity contribution in [1.29, 1.82) is 0 Å². The van der Waals surface area contributed by atoms with Gasteiger partial charge in [0.05, 0.1) is 5.54 Å². The molecule has 1 aromatic heterocycles. The lowest BCUT2D eigenvalue weighted by molar-refractivity contribution is 0.0698. The summed E-state index contributed by atoms with van der Waals surface area (Å²) in [6, 6.07) is 6.23. The third kappa shape index (κ3) is 5.59. The Morgan fingerprint density at radius 2 is 1.81 bits per heavy atom. The van der Waals surface area contributed by atoms with E-state index in [9.17, 15) is 9.59 Å². The smallest absolute Gasteiger partial charge is 0.353 e. The van der Waals surface area contributed by atoms with Crippen LogP contribution in [0.1, 0.15) is 51.9 Å². The number of esters is 1. The number of hydrogen-bond acceptors (Lipinski definition) is 5. The van der Waals surface area contributed by atoms with Crippen molar-refractivity contribution in [1.82, 2.24) is 5.32 Å². The fraction of sp³-hybridized carbons (Fsp3) is 0.421. The average Bonchev–Trinajstić information content (AvgIpc) is 2.43. The molecule has 140 valence electrons. The predicted octanol–water partition coefficient (Wildman–Crippen LogP) is 4.15. The molecule has 0 fully saturated rings. The Bertz CT molecular complexity index is 918. The zero-order valence-corrected chi connectivity index (χ0v) is 16.5. The quantitative estimate of drug-likeness (QED) is 0.349. The number of benzene rings is 1. The van der Waals surface area contributed by atoms with Gasteiger partial charge in [0, 0.05) is 15.9 Å². The minimum absolute atomic E-state index is 0.0422. The lowest BCUT2D eigenvalue weighted by Crippen LogP contribution is -2.44. The molecule has 0 saturated carbocycles. The number of ether oxygens (including phenoxy) is 1. The van der Waals surface area contributed by atoms with Crippen molar-refractivity contribution in [2.75, 3.05) is 0 Å². The summed E-state index contributed by atoms with van der Waals surface area (Å²) in [5.41, 5.74) is -1.53. The zero-order chi connectivity index (χ0) is 19.7. The van der Waals surface area contributed by atoms with Crippen LogP contribution in [0.2, 0.25) is 5.02 Å². The van der Waals surface area contributed by atoms with Crippen LogP contribution in [0.3, 0.4) is 0 Å². The lowest BCUT2D eigenvalue weighted by Gasteiger charge is -2.24. The van der Waals surface area contributed by atoms with Crippen molar-refractivity contribution >= 4 is 34.6 Å². The number of fused-ring (bicyclic) bond motifs is 1. The summed E-state index contributed by atoms with van der Waals surface area (Å²) in [6.07, 6.45) is 0. The first-order valence-electron chi connectivity index (χ1n) is 8.18. The fourth-order valence-electron chi connectivity index (χ4n) is 2.08. The summed E-state index contributed by atoms with van der Waals surface area (Å²) in [5, 5.41) is 4.03. The Kier molecular flexibility index (Phi) is 5.47. The van der Waals surface area contributed by atoms with Crippen molar-refractivity contribution in [2.45, 2.75) is 52.6 Å². The highest BCUT2D eigenvalue weighted by Gasteiger charge is 2.23. The number of nitrogens with one attached hydrogen (secondary N) is 1. The maximum Gasteiger partial charge on any atom is 0.353 e. The first-order chi connectivity index (χ1) is 11.8. The number of carbonyl (C=O) groups excluding carboxylic acids is 1. The molecule has 6 nitrogen and oxygen atoms in total. The van der Waals surface area contributed by atoms with Crippen molar-refractivity contribution in [2.24, 2.45) is 4.99 Å². The summed E-state index contributed by atoms with van der Waals surface area (Å²) in [5.74, 6) is -0.847. The van der Waals surface area contributed by atoms with Crippen molar-refractivity contribution in [3.8, 4) is 0 Å². The molecule has 7 heteroatoms. The second kappa shape index (κ2) is 7.11. The van der Waals surface area contributed by atoms with E-state index in [2.05, 4.69) is 10.3 Å². The molecule has 2 aromatic rings. The van der Waals surface area contributed by atoms with Crippen LogP contribution in [-0.4, -0.2) is 23.1 Å². The van der Waals surface area contributed by atoms with Gasteiger partial charge in [-0.2, -0.15) is 0 Å². The third-order valence-electron chi connectivity index (χ3n) is 3.02. The van der Waals surface area contributed by atoms with Crippen LogP contribution in [0.4, 0.5) is 0 Å². The molecule has 0 aliphatic rings. The van der Waals surface area contributed by atoms with Gasteiger partial charge in [-0.05, 0) is 65.8 Å². The van der Waals surface area contributed by atoms with Crippen molar-refractivity contribution in [3.63, 3.8) is 0 Å². The molecule has 0 spiro atoms. The summed E-state index contributed by atoms with van der Waals surface area (Å²) in [6.45, 7) is 11.3. The van der Waals surface area contributed by atoms with Gasteiger partial charge in [0.1, 0.15) is 11.1 Å². The summed E-state index contributed by atoms with van der Waals surface area (Å²) < 4.78 is 10.5. The van der Waals surface area contributed by atoms with E-state index in [4.69, 9.17) is 20.8 Å². The normalized spacial score (nSPS) is 13.0. The Balaban J connectivity index is 2.40. The molecule has 0 saturated heterocycles. The maximum atomic E-state index is 12.5. The van der Waals surface area contributed by atoms with E-state index in [0.29, 0.717) is 16.0 Å². The maximum absolute atomic E-state index is 12.5. The molecule has 26 heavy (non-hydrogen) atoms. The number of nitrogens with zero attached hydrogens (tertiary/aromatic N) is 1. The fourth-order valence-corrected chi connectivity index (χ4v) is 2.26. The van der Waals surface area contributed by atoms with Gasteiger partial charge in [-0.15, -0.1) is 0 Å². The highest BCUT2D eigenvalue weighted by Crippen LogP contribution is 2.19. The Morgan fingerprint density at radius 1 is 1.15 bits per heavy atom. The highest BCUT2D eigenvalue weighted by molar-refractivity contribution is 6.31. The molecule has 1 heterocycles. The minimum Gasteiger partial charge on any atom is -0.422 e. The van der Waals surface area contributed by atoms with E-state index in [1.165, 1.54) is 6.07 Å². The SMILES string of the molecule is CC(C)(C)N=C(NC(C)(C)C)OC(=O)c1cc2cc(Cl)ccc2oc1=O. The van der Waals surface area contributed by atoms with E-state index in [0.717, 1.165) is 0 Å². The monoisotopic (exact) mass is 378 g/mol. The van der Waals surface area contributed by atoms with E-state index in [1.54, 1.807) is 18.2 Å². The summed E-state index contributed by atoms with van der Waals surface area (Å²) in [4.78, 5) is 29.1. The first kappa shape index (κ1) is 20.0. The number of hydrogen-bond donors (Lipinski definition) is 1. The molecule has 2 rings (SSSR count). The van der Waals surface area contributed by atoms with Crippen LogP contribution in [0.15, 0.2) is 38.5 Å². The third-order valence-corrected chi connectivity index (χ3v) is 3.26. The molecule has 0 unspecified atom stereocenters. The number of carbonyl (C=O) groups is 1. The molecule has 0 atom stereocenters. The van der Waals surface area contributed by atoms with Gasteiger partial charge in [0.2, 0.25) is 0 Å². The van der Waals surface area contributed by atoms with Gasteiger partial charge in [-0.25, -0.2) is 14.6 Å². The number of amidine groups is 1. The Morgan fingerprint density at radius 3 is 2.38 bits per heavy atom. The molecule has 0 bridgehead atoms. The van der Waals surface area contributed by atoms with Crippen molar-refractivity contribution in [3.05, 3.63) is 45.3 Å². The molecule has 1 aromatic carbocycles. The van der Waals surface area contributed by atoms with Gasteiger partial charge in [0.15, 0.2) is 0 Å². The second-order valence-electron chi connectivity index (χ2n) is 7.98. The van der Waals surface area contributed by atoms with E-state index < -0.39 is 17.1 Å². The second-order valence-corrected chi connectivity index (χ2v) is 8.42. The Hall–Kier alpha value is -2.34. The van der Waals surface area contributed by atoms with E-state index in [1.807, 2.05) is 41.5 Å². The average molecular weight is 379 g/mol. The summed E-state index contributed by atoms with van der Waals surface area (Å²) >= 11 is 5.95. The van der Waals surface area contributed by atoms with Crippen LogP contribution in [0.25, 0.3) is 11.0 Å². The van der Waals surface area contributed by atoms with Crippen LogP contribution < -0.4 is 10.9 Å². The number of aliphatic imine (C=N–C) groups is 1. The molecule has 1 N–H and O–H groups in total. The van der Waals surface area contributed by atoms with Crippen LogP contribution in [-0.2, 0) is 4.74 Å². The molecule has 0 amide bonds. The Labute approximate surface area is 157 Å². The molecular weight excluding hydrogens is 356 g/mol. The van der Waals surface area contributed by atoms with E-state index in [-0.39, 0.29) is 17.1 Å². The number of halogens is 1. The van der Waals surface area contributed by atoms with Gasteiger partial charge < -0.3 is 14.5 Å². The predicted molar refractivity (Wildman–Crippen MR) is 103 cm³/mol. The standard InChI is InChI=1S/C19H23ClN2O4/c1-18(2,3)21-17(22-19(4,5)6)26-16(24)13-10-11-9-12(20)7-8-14(11)25-15(13)23/h7-10H,1-6H3,(H,21,22). The first-order valence-corrected chi connectivity index (χ1v) is 8.55. The largest absolute Gasteiger partial charge is 0.422 e. The topological polar surface area (TPSA) is 80.9 Å². The van der Waals surface area contributed by atoms with Gasteiger partial charge >= 0.3 is 11.6 Å². The van der Waals surface area contributed by atoms with Crippen LogP contribution >= 0.6 is 11.6 Å². The van der Waals surface area contributed by atoms with Gasteiger partial charge in [-0.1, -0.05) is 11.6 Å². The molecule has 0 radical (unpaired) electrons. The zero-order valence-electron chi connectivity index (χ0n) is 15.8. The summed E-state index contributed by atoms with van der Waals surface area (Å²) in [7, 11) is 0. The molecule has 0 aliphatic carbocycles. The molecule has 0 aliphatic heterocycles. The van der Waals surface area contributed by atoms with E-state index >= 15 is 0 Å². The highest BCUT2D eigenvalue weighted by atomic mass is 35.5.